The van der Waals surface area contributed by atoms with E-state index in [1.807, 2.05) is 13.8 Å². The summed E-state index contributed by atoms with van der Waals surface area (Å²) in [7, 11) is 0. The molecule has 0 radical (unpaired) electrons. The van der Waals surface area contributed by atoms with E-state index in [0.29, 0.717) is 18.1 Å². The minimum Gasteiger partial charge on any atom is -0.331 e. The fraction of sp³-hybridized carbons (Fsp3) is 0.500. The molecule has 2 heterocycles. The van der Waals surface area contributed by atoms with Gasteiger partial charge in [-0.05, 0) is 5.92 Å². The lowest BCUT2D eigenvalue weighted by Gasteiger charge is -2.05. The van der Waals surface area contributed by atoms with Gasteiger partial charge in [-0.3, -0.25) is 0 Å². The number of hydrogen-bond donors (Lipinski definition) is 0. The second kappa shape index (κ2) is 3.54. The summed E-state index contributed by atoms with van der Waals surface area (Å²) in [4.78, 5) is 0. The lowest BCUT2D eigenvalue weighted by Crippen LogP contribution is -2.05. The maximum absolute atomic E-state index is 12.4. The molecule has 0 aliphatic carbocycles. The largest absolute Gasteiger partial charge is 0.435 e. The summed E-state index contributed by atoms with van der Waals surface area (Å²) in [6.07, 6.45) is -1.11. The second-order valence-electron chi connectivity index (χ2n) is 4.17. The molecule has 0 aliphatic rings. The van der Waals surface area contributed by atoms with Crippen LogP contribution < -0.4 is 0 Å². The van der Waals surface area contributed by atoms with Gasteiger partial charge in [0.25, 0.3) is 0 Å². The number of halogens is 3. The van der Waals surface area contributed by atoms with Gasteiger partial charge in [-0.1, -0.05) is 13.8 Å². The molecule has 6 heteroatoms. The number of nitrogens with zero attached hydrogens (tertiary/aromatic N) is 3. The fourth-order valence-electron chi connectivity index (χ4n) is 1.62. The highest BCUT2D eigenvalue weighted by Gasteiger charge is 2.34. The van der Waals surface area contributed by atoms with Gasteiger partial charge in [-0.15, -0.1) is 0 Å². The first-order valence-electron chi connectivity index (χ1n) is 4.99. The summed E-state index contributed by atoms with van der Waals surface area (Å²) in [6.45, 7) is 4.70. The topological polar surface area (TPSA) is 22.2 Å². The van der Waals surface area contributed by atoms with Crippen LogP contribution in [0.2, 0.25) is 0 Å². The molecule has 0 amide bonds. The Morgan fingerprint density at radius 1 is 1.31 bits per heavy atom. The van der Waals surface area contributed by atoms with Gasteiger partial charge in [0, 0.05) is 25.0 Å². The van der Waals surface area contributed by atoms with Crippen molar-refractivity contribution in [1.82, 2.24) is 14.2 Å². The van der Waals surface area contributed by atoms with Crippen molar-refractivity contribution in [3.63, 3.8) is 0 Å². The Labute approximate surface area is 90.5 Å². The molecule has 0 aliphatic heterocycles. The molecular weight excluding hydrogens is 219 g/mol. The third-order valence-electron chi connectivity index (χ3n) is 2.25. The highest BCUT2D eigenvalue weighted by Crippen LogP contribution is 2.28. The summed E-state index contributed by atoms with van der Waals surface area (Å²) < 4.78 is 40.3. The van der Waals surface area contributed by atoms with Gasteiger partial charge < -0.3 is 4.57 Å². The van der Waals surface area contributed by atoms with Crippen LogP contribution in [0.4, 0.5) is 13.2 Å². The van der Waals surface area contributed by atoms with Gasteiger partial charge in [0.1, 0.15) is 5.65 Å². The molecule has 2 aromatic heterocycles. The summed E-state index contributed by atoms with van der Waals surface area (Å²) in [5.41, 5.74) is -0.373. The number of imidazole rings is 1. The highest BCUT2D eigenvalue weighted by molar-refractivity contribution is 5.41. The number of aromatic nitrogens is 3. The third kappa shape index (κ3) is 1.91. The van der Waals surface area contributed by atoms with Gasteiger partial charge in [0.2, 0.25) is 0 Å². The third-order valence-corrected chi connectivity index (χ3v) is 2.25. The summed E-state index contributed by atoms with van der Waals surface area (Å²) in [5, 5.41) is 3.48. The van der Waals surface area contributed by atoms with Crippen molar-refractivity contribution in [3.05, 3.63) is 24.2 Å². The zero-order chi connectivity index (χ0) is 11.9. The zero-order valence-corrected chi connectivity index (χ0v) is 8.99. The minimum atomic E-state index is -4.38. The summed E-state index contributed by atoms with van der Waals surface area (Å²) in [5.74, 6) is 0.375. The van der Waals surface area contributed by atoms with E-state index in [4.69, 9.17) is 0 Å². The van der Waals surface area contributed by atoms with Crippen molar-refractivity contribution in [2.45, 2.75) is 26.6 Å². The maximum Gasteiger partial charge on any atom is 0.435 e. The van der Waals surface area contributed by atoms with E-state index in [-0.39, 0.29) is 0 Å². The van der Waals surface area contributed by atoms with Crippen molar-refractivity contribution in [1.29, 1.82) is 0 Å². The van der Waals surface area contributed by atoms with Crippen LogP contribution in [0.25, 0.3) is 5.65 Å². The van der Waals surface area contributed by atoms with Crippen LogP contribution in [0, 0.1) is 5.92 Å². The highest BCUT2D eigenvalue weighted by atomic mass is 19.4. The van der Waals surface area contributed by atoms with E-state index in [2.05, 4.69) is 5.10 Å². The average molecular weight is 231 g/mol. The van der Waals surface area contributed by atoms with Crippen LogP contribution >= 0.6 is 0 Å². The molecule has 0 unspecified atom stereocenters. The molecular formula is C10H12F3N3. The molecule has 0 atom stereocenters. The van der Waals surface area contributed by atoms with Crippen LogP contribution in [0.15, 0.2) is 18.5 Å². The van der Waals surface area contributed by atoms with Crippen molar-refractivity contribution >= 4 is 5.65 Å². The van der Waals surface area contributed by atoms with Crippen LogP contribution in [0.3, 0.4) is 0 Å². The molecule has 0 aromatic carbocycles. The molecule has 88 valence electrons. The van der Waals surface area contributed by atoms with Crippen LogP contribution in [0.1, 0.15) is 19.5 Å². The normalized spacial score (nSPS) is 12.9. The van der Waals surface area contributed by atoms with Crippen molar-refractivity contribution in [3.8, 4) is 0 Å². The Balaban J connectivity index is 2.43. The molecule has 3 nitrogen and oxygen atoms in total. The Kier molecular flexibility index (Phi) is 2.44. The first-order chi connectivity index (χ1) is 7.38. The lowest BCUT2D eigenvalue weighted by molar-refractivity contribution is -0.141. The van der Waals surface area contributed by atoms with E-state index in [1.54, 1.807) is 10.8 Å². The Morgan fingerprint density at radius 2 is 2.00 bits per heavy atom. The predicted octanol–water partition coefficient (Wildman–Crippen LogP) is 2.81. The van der Waals surface area contributed by atoms with Crippen LogP contribution in [-0.4, -0.2) is 14.2 Å². The first-order valence-corrected chi connectivity index (χ1v) is 4.99. The fourth-order valence-corrected chi connectivity index (χ4v) is 1.62. The van der Waals surface area contributed by atoms with Crippen molar-refractivity contribution in [2.75, 3.05) is 0 Å². The van der Waals surface area contributed by atoms with Crippen molar-refractivity contribution in [2.24, 2.45) is 5.92 Å². The molecule has 16 heavy (non-hydrogen) atoms. The maximum atomic E-state index is 12.4. The molecule has 2 rings (SSSR count). The van der Waals surface area contributed by atoms with Gasteiger partial charge in [0.15, 0.2) is 5.69 Å². The van der Waals surface area contributed by atoms with Gasteiger partial charge >= 0.3 is 6.18 Å². The van der Waals surface area contributed by atoms with E-state index in [1.165, 1.54) is 10.7 Å². The van der Waals surface area contributed by atoms with Gasteiger partial charge in [0.05, 0.1) is 0 Å². The molecule has 0 saturated heterocycles. The molecule has 0 fully saturated rings. The minimum absolute atomic E-state index is 0.375. The van der Waals surface area contributed by atoms with Crippen LogP contribution in [0.5, 0.6) is 0 Å². The molecule has 0 spiro atoms. The Bertz CT molecular complexity index is 493. The molecule has 0 bridgehead atoms. The number of alkyl halides is 3. The van der Waals surface area contributed by atoms with Gasteiger partial charge in [-0.2, -0.15) is 18.3 Å². The lowest BCUT2D eigenvalue weighted by atomic mass is 10.2. The van der Waals surface area contributed by atoms with Crippen molar-refractivity contribution < 1.29 is 13.2 Å². The van der Waals surface area contributed by atoms with E-state index < -0.39 is 11.9 Å². The molecule has 0 N–H and O–H groups in total. The van der Waals surface area contributed by atoms with E-state index in [9.17, 15) is 13.2 Å². The average Bonchev–Trinajstić information content (AvgIpc) is 2.64. The Hall–Kier alpha value is -1.46. The SMILES string of the molecule is CC(C)Cn1ccn2nc(C(F)(F)F)cc12. The quantitative estimate of drug-likeness (QED) is 0.779. The van der Waals surface area contributed by atoms with Crippen LogP contribution in [-0.2, 0) is 12.7 Å². The molecule has 2 aromatic rings. The molecule has 0 saturated carbocycles. The number of rotatable bonds is 2. The number of fused-ring (bicyclic) bond motifs is 1. The van der Waals surface area contributed by atoms with E-state index in [0.717, 1.165) is 6.07 Å². The van der Waals surface area contributed by atoms with Gasteiger partial charge in [-0.25, -0.2) is 4.52 Å². The smallest absolute Gasteiger partial charge is 0.331 e. The standard InChI is InChI=1S/C10H12F3N3/c1-7(2)6-15-3-4-16-9(15)5-8(14-16)10(11,12)13/h3-5,7H,6H2,1-2H3. The number of hydrogen-bond acceptors (Lipinski definition) is 1. The second-order valence-corrected chi connectivity index (χ2v) is 4.17. The monoisotopic (exact) mass is 231 g/mol. The summed E-state index contributed by atoms with van der Waals surface area (Å²) >= 11 is 0. The van der Waals surface area contributed by atoms with E-state index >= 15 is 0 Å². The first kappa shape index (κ1) is 11.0. The zero-order valence-electron chi connectivity index (χ0n) is 8.99. The predicted molar refractivity (Wildman–Crippen MR) is 53.0 cm³/mol. The summed E-state index contributed by atoms with van der Waals surface area (Å²) in [6, 6.07) is 1.07. The Morgan fingerprint density at radius 3 is 2.56 bits per heavy atom.